The third-order valence-corrected chi connectivity index (χ3v) is 3.40. The van der Waals surface area contributed by atoms with Gasteiger partial charge >= 0.3 is 5.97 Å². The predicted molar refractivity (Wildman–Crippen MR) is 77.1 cm³/mol. The summed E-state index contributed by atoms with van der Waals surface area (Å²) in [6.07, 6.45) is 5.30. The number of carbonyl (C=O) groups excluding carboxylic acids is 1. The summed E-state index contributed by atoms with van der Waals surface area (Å²) < 4.78 is 10.8. The maximum Gasteiger partial charge on any atom is 0.341 e. The number of anilines is 1. The van der Waals surface area contributed by atoms with Crippen LogP contribution in [0.1, 0.15) is 36.5 Å². The van der Waals surface area contributed by atoms with Gasteiger partial charge in [0.25, 0.3) is 0 Å². The van der Waals surface area contributed by atoms with Crippen molar-refractivity contribution in [2.45, 2.75) is 32.3 Å². The van der Waals surface area contributed by atoms with E-state index in [0.717, 1.165) is 26.0 Å². The average Bonchev–Trinajstić information content (AvgIpc) is 2.48. The molecule has 2 heterocycles. The summed E-state index contributed by atoms with van der Waals surface area (Å²) in [4.78, 5) is 18.2. The Hall–Kier alpha value is -1.62. The molecule has 2 rings (SSSR count). The first-order valence-corrected chi connectivity index (χ1v) is 7.17. The Bertz CT molecular complexity index is 444. The van der Waals surface area contributed by atoms with Gasteiger partial charge < -0.3 is 14.4 Å². The van der Waals surface area contributed by atoms with Gasteiger partial charge in [-0.05, 0) is 38.3 Å². The molecule has 0 spiro atoms. The molecule has 20 heavy (non-hydrogen) atoms. The van der Waals surface area contributed by atoms with E-state index in [0.29, 0.717) is 18.0 Å². The topological polar surface area (TPSA) is 51.7 Å². The van der Waals surface area contributed by atoms with E-state index < -0.39 is 0 Å². The summed E-state index contributed by atoms with van der Waals surface area (Å²) in [7, 11) is 1.93. The number of esters is 1. The van der Waals surface area contributed by atoms with Gasteiger partial charge in [-0.2, -0.15) is 0 Å². The van der Waals surface area contributed by atoms with Gasteiger partial charge in [0.15, 0.2) is 0 Å². The van der Waals surface area contributed by atoms with Crippen molar-refractivity contribution >= 4 is 11.8 Å². The smallest absolute Gasteiger partial charge is 0.341 e. The van der Waals surface area contributed by atoms with Gasteiger partial charge in [0.1, 0.15) is 11.4 Å². The summed E-state index contributed by atoms with van der Waals surface area (Å²) in [5, 5.41) is 0. The van der Waals surface area contributed by atoms with Crippen molar-refractivity contribution in [1.82, 2.24) is 4.98 Å². The van der Waals surface area contributed by atoms with Gasteiger partial charge in [0.2, 0.25) is 0 Å². The average molecular weight is 278 g/mol. The van der Waals surface area contributed by atoms with Crippen LogP contribution in [-0.2, 0) is 9.47 Å². The van der Waals surface area contributed by atoms with Crippen LogP contribution in [0.2, 0.25) is 0 Å². The number of nitrogens with zero attached hydrogens (tertiary/aromatic N) is 2. The van der Waals surface area contributed by atoms with Crippen molar-refractivity contribution in [3.63, 3.8) is 0 Å². The van der Waals surface area contributed by atoms with E-state index in [4.69, 9.17) is 9.47 Å². The highest BCUT2D eigenvalue weighted by Gasteiger charge is 2.20. The first kappa shape index (κ1) is 14.8. The molecule has 0 aliphatic carbocycles. The van der Waals surface area contributed by atoms with Crippen LogP contribution in [0.25, 0.3) is 0 Å². The number of likely N-dealkylation sites (N-methyl/N-ethyl adjacent to an activating group) is 1. The Morgan fingerprint density at radius 2 is 2.40 bits per heavy atom. The highest BCUT2D eigenvalue weighted by atomic mass is 16.5. The minimum Gasteiger partial charge on any atom is -0.462 e. The summed E-state index contributed by atoms with van der Waals surface area (Å²) in [5.74, 6) is 0.326. The van der Waals surface area contributed by atoms with Crippen LogP contribution in [0.15, 0.2) is 18.3 Å². The Kier molecular flexibility index (Phi) is 5.35. The quantitative estimate of drug-likeness (QED) is 0.773. The number of hydrogen-bond acceptors (Lipinski definition) is 5. The molecule has 1 aromatic rings. The fourth-order valence-electron chi connectivity index (χ4n) is 2.41. The second kappa shape index (κ2) is 7.24. The summed E-state index contributed by atoms with van der Waals surface area (Å²) in [6, 6.07) is 3.50. The first-order chi connectivity index (χ1) is 9.72. The second-order valence-electron chi connectivity index (χ2n) is 4.96. The molecule has 1 aromatic heterocycles. The van der Waals surface area contributed by atoms with Crippen LogP contribution in [0, 0.1) is 0 Å². The van der Waals surface area contributed by atoms with Crippen molar-refractivity contribution < 1.29 is 14.3 Å². The largest absolute Gasteiger partial charge is 0.462 e. The molecule has 5 nitrogen and oxygen atoms in total. The fourth-order valence-corrected chi connectivity index (χ4v) is 2.41. The van der Waals surface area contributed by atoms with E-state index in [1.807, 2.05) is 11.9 Å². The molecule has 1 saturated heterocycles. The molecule has 1 fully saturated rings. The summed E-state index contributed by atoms with van der Waals surface area (Å²) >= 11 is 0. The monoisotopic (exact) mass is 278 g/mol. The van der Waals surface area contributed by atoms with Crippen LogP contribution in [0.3, 0.4) is 0 Å². The minimum atomic E-state index is -0.327. The van der Waals surface area contributed by atoms with Crippen molar-refractivity contribution in [2.24, 2.45) is 0 Å². The molecular formula is C15H22N2O3. The predicted octanol–water partition coefficient (Wildman–Crippen LogP) is 2.26. The molecule has 0 amide bonds. The van der Waals surface area contributed by atoms with Crippen LogP contribution in [-0.4, -0.2) is 43.9 Å². The van der Waals surface area contributed by atoms with Crippen LogP contribution in [0.4, 0.5) is 5.82 Å². The van der Waals surface area contributed by atoms with Crippen LogP contribution >= 0.6 is 0 Å². The van der Waals surface area contributed by atoms with Gasteiger partial charge in [-0.15, -0.1) is 0 Å². The molecule has 1 aliphatic heterocycles. The molecule has 0 aromatic carbocycles. The molecule has 5 heteroatoms. The lowest BCUT2D eigenvalue weighted by Crippen LogP contribution is -2.34. The molecule has 110 valence electrons. The highest BCUT2D eigenvalue weighted by molar-refractivity contribution is 5.94. The van der Waals surface area contributed by atoms with Gasteiger partial charge in [-0.3, -0.25) is 0 Å². The Morgan fingerprint density at radius 3 is 3.10 bits per heavy atom. The molecule has 0 N–H and O–H groups in total. The lowest BCUT2D eigenvalue weighted by atomic mass is 10.1. The number of ether oxygens (including phenoxy) is 2. The molecular weight excluding hydrogens is 256 g/mol. The van der Waals surface area contributed by atoms with Crippen molar-refractivity contribution in [3.05, 3.63) is 23.9 Å². The normalized spacial score (nSPS) is 18.6. The molecule has 0 saturated carbocycles. The zero-order chi connectivity index (χ0) is 14.4. The van der Waals surface area contributed by atoms with Crippen molar-refractivity contribution in [3.8, 4) is 0 Å². The summed E-state index contributed by atoms with van der Waals surface area (Å²) in [5.41, 5.74) is 0.507. The molecule has 1 unspecified atom stereocenters. The molecule has 1 atom stereocenters. The van der Waals surface area contributed by atoms with Gasteiger partial charge in [-0.1, -0.05) is 0 Å². The minimum absolute atomic E-state index is 0.214. The third-order valence-electron chi connectivity index (χ3n) is 3.40. The number of pyridine rings is 1. The lowest BCUT2D eigenvalue weighted by Gasteiger charge is -2.28. The van der Waals surface area contributed by atoms with E-state index >= 15 is 0 Å². The van der Waals surface area contributed by atoms with E-state index in [2.05, 4.69) is 4.98 Å². The number of carbonyl (C=O) groups is 1. The Morgan fingerprint density at radius 1 is 1.55 bits per heavy atom. The van der Waals surface area contributed by atoms with Crippen molar-refractivity contribution in [1.29, 1.82) is 0 Å². The Balaban J connectivity index is 2.08. The standard InChI is InChI=1S/C15H22N2O3/c1-3-19-15(18)13-8-6-9-16-14(13)17(2)11-12-7-4-5-10-20-12/h6,8-9,12H,3-5,7,10-11H2,1-2H3. The first-order valence-electron chi connectivity index (χ1n) is 7.17. The highest BCUT2D eigenvalue weighted by Crippen LogP contribution is 2.20. The van der Waals surface area contributed by atoms with Crippen LogP contribution in [0.5, 0.6) is 0 Å². The molecule has 0 bridgehead atoms. The van der Waals surface area contributed by atoms with E-state index in [1.165, 1.54) is 6.42 Å². The maximum absolute atomic E-state index is 11.9. The number of rotatable bonds is 5. The number of hydrogen-bond donors (Lipinski definition) is 0. The molecule has 0 radical (unpaired) electrons. The fraction of sp³-hybridized carbons (Fsp3) is 0.600. The van der Waals surface area contributed by atoms with E-state index in [-0.39, 0.29) is 12.1 Å². The summed E-state index contributed by atoms with van der Waals surface area (Å²) in [6.45, 7) is 3.73. The zero-order valence-corrected chi connectivity index (χ0v) is 12.2. The van der Waals surface area contributed by atoms with E-state index in [9.17, 15) is 4.79 Å². The second-order valence-corrected chi connectivity index (χ2v) is 4.96. The molecule has 1 aliphatic rings. The lowest BCUT2D eigenvalue weighted by molar-refractivity contribution is 0.0214. The van der Waals surface area contributed by atoms with E-state index in [1.54, 1.807) is 25.3 Å². The SMILES string of the molecule is CCOC(=O)c1cccnc1N(C)CC1CCCCO1. The number of aromatic nitrogens is 1. The van der Waals surface area contributed by atoms with Crippen LogP contribution < -0.4 is 4.90 Å². The maximum atomic E-state index is 11.9. The van der Waals surface area contributed by atoms with Gasteiger partial charge in [0.05, 0.1) is 12.7 Å². The van der Waals surface area contributed by atoms with Gasteiger partial charge in [-0.25, -0.2) is 9.78 Å². The third kappa shape index (κ3) is 3.70. The van der Waals surface area contributed by atoms with Gasteiger partial charge in [0, 0.05) is 26.4 Å². The van der Waals surface area contributed by atoms with Crippen molar-refractivity contribution in [2.75, 3.05) is 31.7 Å². The Labute approximate surface area is 119 Å². The zero-order valence-electron chi connectivity index (χ0n) is 12.2.